The van der Waals surface area contributed by atoms with Crippen molar-refractivity contribution in [1.29, 1.82) is 0 Å². The SMILES string of the molecule is N[C@@H](CCC1CNC1)C(=O)O. The number of rotatable bonds is 4. The van der Waals surface area contributed by atoms with Crippen LogP contribution >= 0.6 is 0 Å². The Labute approximate surface area is 65.8 Å². The summed E-state index contributed by atoms with van der Waals surface area (Å²) in [5.41, 5.74) is 5.32. The molecule has 0 aromatic carbocycles. The summed E-state index contributed by atoms with van der Waals surface area (Å²) in [4.78, 5) is 10.3. The minimum atomic E-state index is -0.891. The summed E-state index contributed by atoms with van der Waals surface area (Å²) in [7, 11) is 0. The Balaban J connectivity index is 2.05. The molecule has 0 aromatic heterocycles. The second-order valence-electron chi connectivity index (χ2n) is 3.05. The van der Waals surface area contributed by atoms with E-state index in [1.165, 1.54) is 0 Å². The minimum Gasteiger partial charge on any atom is -0.480 e. The molecular weight excluding hydrogens is 144 g/mol. The van der Waals surface area contributed by atoms with Gasteiger partial charge in [-0.25, -0.2) is 0 Å². The van der Waals surface area contributed by atoms with Crippen LogP contribution in [0.2, 0.25) is 0 Å². The van der Waals surface area contributed by atoms with Gasteiger partial charge in [0.25, 0.3) is 0 Å². The van der Waals surface area contributed by atoms with Gasteiger partial charge in [-0.1, -0.05) is 0 Å². The summed E-state index contributed by atoms with van der Waals surface area (Å²) in [6.45, 7) is 2.04. The number of carbonyl (C=O) groups is 1. The van der Waals surface area contributed by atoms with Crippen LogP contribution in [0.1, 0.15) is 12.8 Å². The molecule has 0 saturated carbocycles. The zero-order valence-corrected chi connectivity index (χ0v) is 6.42. The predicted octanol–water partition coefficient (Wildman–Crippen LogP) is -0.602. The summed E-state index contributed by atoms with van der Waals surface area (Å²) in [6.07, 6.45) is 1.53. The summed E-state index contributed by atoms with van der Waals surface area (Å²) in [5.74, 6) is -0.238. The number of carboxylic acid groups (broad SMARTS) is 1. The first kappa shape index (κ1) is 8.49. The topological polar surface area (TPSA) is 75.3 Å². The molecule has 0 radical (unpaired) electrons. The number of carboxylic acids is 1. The largest absolute Gasteiger partial charge is 0.480 e. The van der Waals surface area contributed by atoms with Crippen molar-refractivity contribution >= 4 is 5.97 Å². The molecule has 4 heteroatoms. The first-order valence-electron chi connectivity index (χ1n) is 3.89. The molecule has 0 aliphatic carbocycles. The Bertz CT molecular complexity index is 145. The Kier molecular flexibility index (Phi) is 2.84. The van der Waals surface area contributed by atoms with Crippen molar-refractivity contribution in [3.8, 4) is 0 Å². The standard InChI is InChI=1S/C7H14N2O2/c8-6(7(10)11)2-1-5-3-9-4-5/h5-6,9H,1-4,8H2,(H,10,11)/t6-/m0/s1. The third-order valence-electron chi connectivity index (χ3n) is 2.07. The molecule has 1 fully saturated rings. The smallest absolute Gasteiger partial charge is 0.320 e. The summed E-state index contributed by atoms with van der Waals surface area (Å²) >= 11 is 0. The van der Waals surface area contributed by atoms with Crippen LogP contribution in [0.15, 0.2) is 0 Å². The predicted molar refractivity (Wildman–Crippen MR) is 41.2 cm³/mol. The van der Waals surface area contributed by atoms with Crippen molar-refractivity contribution in [2.45, 2.75) is 18.9 Å². The number of nitrogens with two attached hydrogens (primary N) is 1. The highest BCUT2D eigenvalue weighted by molar-refractivity contribution is 5.72. The van der Waals surface area contributed by atoms with Gasteiger partial charge in [-0.3, -0.25) is 4.79 Å². The number of nitrogens with one attached hydrogen (secondary N) is 1. The van der Waals surface area contributed by atoms with Crippen molar-refractivity contribution in [2.24, 2.45) is 11.7 Å². The molecule has 1 saturated heterocycles. The minimum absolute atomic E-state index is 0.599. The van der Waals surface area contributed by atoms with E-state index in [9.17, 15) is 4.79 Å². The molecule has 1 aliphatic heterocycles. The van der Waals surface area contributed by atoms with Crippen LogP contribution in [0.3, 0.4) is 0 Å². The molecular formula is C7H14N2O2. The summed E-state index contributed by atoms with van der Waals surface area (Å²) < 4.78 is 0. The van der Waals surface area contributed by atoms with Gasteiger partial charge >= 0.3 is 5.97 Å². The van der Waals surface area contributed by atoms with E-state index >= 15 is 0 Å². The molecule has 0 spiro atoms. The van der Waals surface area contributed by atoms with Crippen molar-refractivity contribution in [1.82, 2.24) is 5.32 Å². The average molecular weight is 158 g/mol. The Morgan fingerprint density at radius 3 is 2.73 bits per heavy atom. The highest BCUT2D eigenvalue weighted by Gasteiger charge is 2.19. The molecule has 1 aliphatic rings. The molecule has 11 heavy (non-hydrogen) atoms. The average Bonchev–Trinajstić information content (AvgIpc) is 1.83. The van der Waals surface area contributed by atoms with Crippen LogP contribution in [0.25, 0.3) is 0 Å². The van der Waals surface area contributed by atoms with Crippen molar-refractivity contribution in [3.63, 3.8) is 0 Å². The zero-order chi connectivity index (χ0) is 8.27. The van der Waals surface area contributed by atoms with E-state index in [2.05, 4.69) is 5.32 Å². The molecule has 1 rings (SSSR count). The van der Waals surface area contributed by atoms with Gasteiger partial charge in [0.2, 0.25) is 0 Å². The number of hydrogen-bond donors (Lipinski definition) is 3. The van der Waals surface area contributed by atoms with Crippen LogP contribution in [0.5, 0.6) is 0 Å². The molecule has 1 atom stereocenters. The Hall–Kier alpha value is -0.610. The molecule has 4 N–H and O–H groups in total. The van der Waals surface area contributed by atoms with E-state index < -0.39 is 12.0 Å². The first-order valence-corrected chi connectivity index (χ1v) is 3.89. The van der Waals surface area contributed by atoms with E-state index in [0.717, 1.165) is 19.5 Å². The van der Waals surface area contributed by atoms with Gasteiger partial charge in [-0.2, -0.15) is 0 Å². The Morgan fingerprint density at radius 2 is 2.36 bits per heavy atom. The van der Waals surface area contributed by atoms with E-state index in [4.69, 9.17) is 10.8 Å². The lowest BCUT2D eigenvalue weighted by Gasteiger charge is -2.27. The molecule has 0 amide bonds. The monoisotopic (exact) mass is 158 g/mol. The highest BCUT2D eigenvalue weighted by atomic mass is 16.4. The summed E-state index contributed by atoms with van der Waals surface area (Å²) in [5, 5.41) is 11.6. The van der Waals surface area contributed by atoms with Crippen LogP contribution in [0.4, 0.5) is 0 Å². The van der Waals surface area contributed by atoms with E-state index in [1.807, 2.05) is 0 Å². The maximum absolute atomic E-state index is 10.3. The van der Waals surface area contributed by atoms with E-state index in [1.54, 1.807) is 0 Å². The summed E-state index contributed by atoms with van der Waals surface area (Å²) in [6, 6.07) is -0.671. The quantitative estimate of drug-likeness (QED) is 0.510. The third kappa shape index (κ3) is 2.48. The molecule has 0 unspecified atom stereocenters. The van der Waals surface area contributed by atoms with Crippen molar-refractivity contribution in [3.05, 3.63) is 0 Å². The number of hydrogen-bond acceptors (Lipinski definition) is 3. The van der Waals surface area contributed by atoms with Crippen LogP contribution < -0.4 is 11.1 Å². The molecule has 1 heterocycles. The van der Waals surface area contributed by atoms with Crippen LogP contribution in [-0.4, -0.2) is 30.2 Å². The molecule has 0 bridgehead atoms. The fraction of sp³-hybridized carbons (Fsp3) is 0.857. The van der Waals surface area contributed by atoms with Gasteiger partial charge < -0.3 is 16.2 Å². The maximum atomic E-state index is 10.3. The van der Waals surface area contributed by atoms with Crippen LogP contribution in [-0.2, 0) is 4.79 Å². The lowest BCUT2D eigenvalue weighted by molar-refractivity contribution is -0.138. The van der Waals surface area contributed by atoms with Crippen LogP contribution in [0, 0.1) is 5.92 Å². The number of aliphatic carboxylic acids is 1. The fourth-order valence-corrected chi connectivity index (χ4v) is 1.09. The molecule has 64 valence electrons. The fourth-order valence-electron chi connectivity index (χ4n) is 1.09. The molecule has 0 aromatic rings. The third-order valence-corrected chi connectivity index (χ3v) is 2.07. The maximum Gasteiger partial charge on any atom is 0.320 e. The first-order chi connectivity index (χ1) is 5.20. The second kappa shape index (κ2) is 3.69. The van der Waals surface area contributed by atoms with Gasteiger partial charge in [-0.05, 0) is 31.8 Å². The van der Waals surface area contributed by atoms with Gasteiger partial charge in [-0.15, -0.1) is 0 Å². The second-order valence-corrected chi connectivity index (χ2v) is 3.05. The van der Waals surface area contributed by atoms with Gasteiger partial charge in [0.1, 0.15) is 6.04 Å². The highest BCUT2D eigenvalue weighted by Crippen LogP contribution is 2.11. The van der Waals surface area contributed by atoms with E-state index in [-0.39, 0.29) is 0 Å². The molecule has 4 nitrogen and oxygen atoms in total. The van der Waals surface area contributed by atoms with Crippen molar-refractivity contribution in [2.75, 3.05) is 13.1 Å². The lowest BCUT2D eigenvalue weighted by Crippen LogP contribution is -2.43. The van der Waals surface area contributed by atoms with Gasteiger partial charge in [0.15, 0.2) is 0 Å². The van der Waals surface area contributed by atoms with Gasteiger partial charge in [0, 0.05) is 0 Å². The Morgan fingerprint density at radius 1 is 1.73 bits per heavy atom. The van der Waals surface area contributed by atoms with E-state index in [0.29, 0.717) is 12.3 Å². The van der Waals surface area contributed by atoms with Crippen molar-refractivity contribution < 1.29 is 9.90 Å². The lowest BCUT2D eigenvalue weighted by atomic mass is 9.95. The van der Waals surface area contributed by atoms with Gasteiger partial charge in [0.05, 0.1) is 0 Å². The zero-order valence-electron chi connectivity index (χ0n) is 6.42. The normalized spacial score (nSPS) is 20.8.